The zero-order valence-electron chi connectivity index (χ0n) is 15.0. The maximum Gasteiger partial charge on any atom is 0.295 e. The number of ether oxygens (including phenoxy) is 1. The highest BCUT2D eigenvalue weighted by molar-refractivity contribution is 7.10. The topological polar surface area (TPSA) is 66.8 Å². The van der Waals surface area contributed by atoms with Crippen LogP contribution in [0.5, 0.6) is 0 Å². The number of likely N-dealkylation sites (tertiary alicyclic amines) is 1. The Morgan fingerprint density at radius 1 is 1.27 bits per heavy atom. The quantitative estimate of drug-likeness (QED) is 0.497. The zero-order chi connectivity index (χ0) is 18.8. The number of benzene rings is 1. The normalized spacial score (nSPS) is 19.3. The fourth-order valence-electron chi connectivity index (χ4n) is 3.18. The summed E-state index contributed by atoms with van der Waals surface area (Å²) in [5.41, 5.74) is 2.54. The summed E-state index contributed by atoms with van der Waals surface area (Å²) in [4.78, 5) is 27.7. The molecule has 0 spiro atoms. The Morgan fingerprint density at radius 2 is 2.04 bits per heavy atom. The Labute approximate surface area is 156 Å². The molecule has 3 rings (SSSR count). The van der Waals surface area contributed by atoms with Gasteiger partial charge in [-0.3, -0.25) is 9.59 Å². The van der Waals surface area contributed by atoms with Crippen molar-refractivity contribution in [3.8, 4) is 0 Å². The van der Waals surface area contributed by atoms with E-state index in [0.29, 0.717) is 12.2 Å². The smallest absolute Gasteiger partial charge is 0.295 e. The second-order valence-corrected chi connectivity index (χ2v) is 7.30. The highest BCUT2D eigenvalue weighted by atomic mass is 32.1. The number of carbonyl (C=O) groups is 2. The summed E-state index contributed by atoms with van der Waals surface area (Å²) in [6, 6.07) is 8.82. The number of nitrogens with zero attached hydrogens (tertiary/aromatic N) is 1. The molecule has 1 aliphatic heterocycles. The number of Topliss-reactive ketones (excluding diaryl/α,β-unsaturated/α-hetero) is 1. The molecule has 2 heterocycles. The molecule has 0 aliphatic carbocycles. The largest absolute Gasteiger partial charge is 0.507 e. The average molecular weight is 371 g/mol. The van der Waals surface area contributed by atoms with Gasteiger partial charge in [0.05, 0.1) is 18.2 Å². The summed E-state index contributed by atoms with van der Waals surface area (Å²) in [6.07, 6.45) is 0. The predicted molar refractivity (Wildman–Crippen MR) is 101 cm³/mol. The van der Waals surface area contributed by atoms with Crippen LogP contribution in [-0.4, -0.2) is 42.0 Å². The first-order valence-electron chi connectivity index (χ1n) is 8.34. The van der Waals surface area contributed by atoms with Crippen molar-refractivity contribution in [3.05, 3.63) is 62.9 Å². The molecule has 0 bridgehead atoms. The van der Waals surface area contributed by atoms with Crippen LogP contribution in [0.25, 0.3) is 5.76 Å². The van der Waals surface area contributed by atoms with Crippen molar-refractivity contribution < 1.29 is 19.4 Å². The van der Waals surface area contributed by atoms with Gasteiger partial charge in [0.2, 0.25) is 0 Å². The van der Waals surface area contributed by atoms with Gasteiger partial charge < -0.3 is 14.7 Å². The number of thiophene rings is 1. The highest BCUT2D eigenvalue weighted by Crippen LogP contribution is 2.41. The second-order valence-electron chi connectivity index (χ2n) is 6.32. The first-order chi connectivity index (χ1) is 12.5. The molecule has 0 radical (unpaired) electrons. The van der Waals surface area contributed by atoms with Gasteiger partial charge in [-0.2, -0.15) is 0 Å². The average Bonchev–Trinajstić information content (AvgIpc) is 3.23. The number of ketones is 1. The molecular weight excluding hydrogens is 350 g/mol. The molecule has 136 valence electrons. The van der Waals surface area contributed by atoms with Crippen LogP contribution in [0.2, 0.25) is 0 Å². The molecule has 26 heavy (non-hydrogen) atoms. The zero-order valence-corrected chi connectivity index (χ0v) is 15.8. The third-order valence-electron chi connectivity index (χ3n) is 4.54. The predicted octanol–water partition coefficient (Wildman–Crippen LogP) is 3.43. The van der Waals surface area contributed by atoms with Crippen LogP contribution in [0.1, 0.15) is 27.6 Å². The summed E-state index contributed by atoms with van der Waals surface area (Å²) in [5.74, 6) is -1.38. The SMILES string of the molecule is COCCN1C(=O)C(=O)/C(=C(\O)c2cc(C)ccc2C)C1c1cccs1. The number of hydrogen-bond acceptors (Lipinski definition) is 5. The number of aliphatic hydroxyl groups is 1. The van der Waals surface area contributed by atoms with Crippen molar-refractivity contribution in [2.24, 2.45) is 0 Å². The van der Waals surface area contributed by atoms with Crippen molar-refractivity contribution >= 4 is 28.8 Å². The molecule has 1 N–H and O–H groups in total. The summed E-state index contributed by atoms with van der Waals surface area (Å²) < 4.78 is 5.09. The summed E-state index contributed by atoms with van der Waals surface area (Å²) >= 11 is 1.45. The van der Waals surface area contributed by atoms with Gasteiger partial charge in [-0.25, -0.2) is 0 Å². The van der Waals surface area contributed by atoms with Gasteiger partial charge in [0.1, 0.15) is 5.76 Å². The van der Waals surface area contributed by atoms with Crippen molar-refractivity contribution in [3.63, 3.8) is 0 Å². The van der Waals surface area contributed by atoms with Crippen LogP contribution in [0, 0.1) is 13.8 Å². The Hall–Kier alpha value is -2.44. The van der Waals surface area contributed by atoms with E-state index in [1.165, 1.54) is 16.2 Å². The number of rotatable bonds is 5. The lowest BCUT2D eigenvalue weighted by atomic mass is 9.96. The van der Waals surface area contributed by atoms with Crippen LogP contribution in [0.15, 0.2) is 41.3 Å². The molecule has 1 aromatic heterocycles. The molecule has 6 heteroatoms. The Morgan fingerprint density at radius 3 is 2.69 bits per heavy atom. The third-order valence-corrected chi connectivity index (χ3v) is 5.46. The molecular formula is C20H21NO4S. The van der Waals surface area contributed by atoms with E-state index < -0.39 is 17.7 Å². The van der Waals surface area contributed by atoms with Crippen molar-refractivity contribution in [1.82, 2.24) is 4.90 Å². The number of aliphatic hydroxyl groups excluding tert-OH is 1. The first-order valence-corrected chi connectivity index (χ1v) is 9.22. The lowest BCUT2D eigenvalue weighted by Crippen LogP contribution is -2.32. The van der Waals surface area contributed by atoms with E-state index >= 15 is 0 Å². The molecule has 1 amide bonds. The standard InChI is InChI=1S/C20H21NO4S/c1-12-6-7-13(2)14(11-12)18(22)16-17(15-5-4-10-26-15)21(8-9-25-3)20(24)19(16)23/h4-7,10-11,17,22H,8-9H2,1-3H3/b18-16-. The van der Waals surface area contributed by atoms with Crippen LogP contribution in [0.4, 0.5) is 0 Å². The van der Waals surface area contributed by atoms with Crippen LogP contribution in [-0.2, 0) is 14.3 Å². The van der Waals surface area contributed by atoms with E-state index in [1.807, 2.05) is 49.6 Å². The molecule has 2 aromatic rings. The molecule has 5 nitrogen and oxygen atoms in total. The molecule has 1 saturated heterocycles. The van der Waals surface area contributed by atoms with Crippen molar-refractivity contribution in [2.45, 2.75) is 19.9 Å². The second kappa shape index (κ2) is 7.43. The molecule has 1 fully saturated rings. The first kappa shape index (κ1) is 18.4. The Kier molecular flexibility index (Phi) is 5.25. The molecule has 1 atom stereocenters. The van der Waals surface area contributed by atoms with Crippen LogP contribution >= 0.6 is 11.3 Å². The fourth-order valence-corrected chi connectivity index (χ4v) is 4.02. The Balaban J connectivity index is 2.17. The maximum atomic E-state index is 12.8. The fraction of sp³-hybridized carbons (Fsp3) is 0.300. The van der Waals surface area contributed by atoms with Gasteiger partial charge in [0, 0.05) is 24.1 Å². The van der Waals surface area contributed by atoms with Crippen LogP contribution < -0.4 is 0 Å². The number of aryl methyl sites for hydroxylation is 2. The van der Waals surface area contributed by atoms with Gasteiger partial charge in [0.25, 0.3) is 11.7 Å². The van der Waals surface area contributed by atoms with Crippen molar-refractivity contribution in [2.75, 3.05) is 20.3 Å². The number of hydrogen-bond donors (Lipinski definition) is 1. The van der Waals surface area contributed by atoms with E-state index in [0.717, 1.165) is 16.0 Å². The van der Waals surface area contributed by atoms with E-state index in [4.69, 9.17) is 4.74 Å². The van der Waals surface area contributed by atoms with Gasteiger partial charge in [-0.1, -0.05) is 23.8 Å². The number of amides is 1. The molecule has 0 saturated carbocycles. The minimum Gasteiger partial charge on any atom is -0.507 e. The monoisotopic (exact) mass is 371 g/mol. The maximum absolute atomic E-state index is 12.8. The summed E-state index contributed by atoms with van der Waals surface area (Å²) in [5, 5.41) is 12.9. The summed E-state index contributed by atoms with van der Waals surface area (Å²) in [6.45, 7) is 4.39. The lowest BCUT2D eigenvalue weighted by Gasteiger charge is -2.23. The highest BCUT2D eigenvalue weighted by Gasteiger charge is 2.46. The lowest BCUT2D eigenvalue weighted by molar-refractivity contribution is -0.140. The van der Waals surface area contributed by atoms with Crippen molar-refractivity contribution in [1.29, 1.82) is 0 Å². The van der Waals surface area contributed by atoms with E-state index in [2.05, 4.69) is 0 Å². The minimum atomic E-state index is -0.655. The van der Waals surface area contributed by atoms with E-state index in [9.17, 15) is 14.7 Å². The Bertz CT molecular complexity index is 870. The molecule has 1 aliphatic rings. The minimum absolute atomic E-state index is 0.122. The third kappa shape index (κ3) is 3.18. The van der Waals surface area contributed by atoms with Gasteiger partial charge >= 0.3 is 0 Å². The molecule has 1 unspecified atom stereocenters. The van der Waals surface area contributed by atoms with E-state index in [-0.39, 0.29) is 17.9 Å². The number of methoxy groups -OCH3 is 1. The van der Waals surface area contributed by atoms with Gasteiger partial charge in [0.15, 0.2) is 0 Å². The van der Waals surface area contributed by atoms with Gasteiger partial charge in [-0.05, 0) is 36.9 Å². The molecule has 1 aromatic carbocycles. The van der Waals surface area contributed by atoms with Gasteiger partial charge in [-0.15, -0.1) is 11.3 Å². The van der Waals surface area contributed by atoms with E-state index in [1.54, 1.807) is 7.11 Å². The van der Waals surface area contributed by atoms with Crippen LogP contribution in [0.3, 0.4) is 0 Å². The number of carbonyl (C=O) groups excluding carboxylic acids is 2. The summed E-state index contributed by atoms with van der Waals surface area (Å²) in [7, 11) is 1.55.